The zero-order chi connectivity index (χ0) is 13.7. The van der Waals surface area contributed by atoms with Gasteiger partial charge in [-0.15, -0.1) is 0 Å². The molecule has 2 aromatic carbocycles. The van der Waals surface area contributed by atoms with Crippen LogP contribution in [0.2, 0.25) is 0 Å². The summed E-state index contributed by atoms with van der Waals surface area (Å²) < 4.78 is 0. The summed E-state index contributed by atoms with van der Waals surface area (Å²) in [7, 11) is 0. The molecule has 0 radical (unpaired) electrons. The summed E-state index contributed by atoms with van der Waals surface area (Å²) in [5.74, 6) is 0. The number of rotatable bonds is 4. The van der Waals surface area contributed by atoms with Crippen molar-refractivity contribution in [3.8, 4) is 6.07 Å². The van der Waals surface area contributed by atoms with Crippen LogP contribution in [0.4, 0.5) is 0 Å². The van der Waals surface area contributed by atoms with Gasteiger partial charge in [-0.25, -0.2) is 0 Å². The largest absolute Gasteiger partial charge is 0.197 e. The van der Waals surface area contributed by atoms with E-state index < -0.39 is 5.41 Å². The number of benzene rings is 2. The van der Waals surface area contributed by atoms with Gasteiger partial charge < -0.3 is 0 Å². The van der Waals surface area contributed by atoms with E-state index in [4.69, 9.17) is 0 Å². The summed E-state index contributed by atoms with van der Waals surface area (Å²) in [4.78, 5) is 0. The predicted octanol–water partition coefficient (Wildman–Crippen LogP) is 4.24. The molecule has 2 aromatic rings. The molecule has 0 aliphatic heterocycles. The molecule has 0 saturated carbocycles. The molecular formula is C18H15N. The van der Waals surface area contributed by atoms with Gasteiger partial charge in [-0.05, 0) is 16.7 Å². The third-order valence-electron chi connectivity index (χ3n) is 3.31. The molecule has 0 saturated heterocycles. The van der Waals surface area contributed by atoms with Crippen molar-refractivity contribution in [2.24, 2.45) is 0 Å². The van der Waals surface area contributed by atoms with Crippen molar-refractivity contribution in [2.45, 2.75) is 5.41 Å². The van der Waals surface area contributed by atoms with E-state index in [9.17, 15) is 5.26 Å². The molecule has 0 atom stereocenters. The average molecular weight is 245 g/mol. The molecule has 0 N–H and O–H groups in total. The fourth-order valence-electron chi connectivity index (χ4n) is 2.27. The van der Waals surface area contributed by atoms with Gasteiger partial charge in [0.05, 0.1) is 6.07 Å². The number of nitrogens with zero attached hydrogens (tertiary/aromatic N) is 1. The fourth-order valence-corrected chi connectivity index (χ4v) is 2.27. The van der Waals surface area contributed by atoms with Gasteiger partial charge in [-0.3, -0.25) is 0 Å². The fraction of sp³-hybridized carbons (Fsp3) is 0.0556. The maximum Gasteiger partial charge on any atom is 0.132 e. The van der Waals surface area contributed by atoms with Crippen molar-refractivity contribution in [3.05, 3.63) is 96.6 Å². The van der Waals surface area contributed by atoms with E-state index >= 15 is 0 Å². The zero-order valence-corrected chi connectivity index (χ0v) is 10.7. The van der Waals surface area contributed by atoms with E-state index in [0.717, 1.165) is 11.1 Å². The Hall–Kier alpha value is -2.59. The number of hydrogen-bond donors (Lipinski definition) is 0. The Bertz CT molecular complexity index is 578. The molecule has 0 fully saturated rings. The Morgan fingerprint density at radius 2 is 1.37 bits per heavy atom. The first-order chi connectivity index (χ1) is 9.25. The number of nitriles is 1. The van der Waals surface area contributed by atoms with E-state index in [1.165, 1.54) is 0 Å². The third-order valence-corrected chi connectivity index (χ3v) is 3.31. The van der Waals surface area contributed by atoms with Crippen LogP contribution in [0.3, 0.4) is 0 Å². The summed E-state index contributed by atoms with van der Waals surface area (Å²) in [5, 5.41) is 9.83. The van der Waals surface area contributed by atoms with Crippen LogP contribution in [0.1, 0.15) is 11.1 Å². The average Bonchev–Trinajstić information content (AvgIpc) is 2.50. The van der Waals surface area contributed by atoms with Crippen molar-refractivity contribution >= 4 is 0 Å². The van der Waals surface area contributed by atoms with Crippen LogP contribution in [0.5, 0.6) is 0 Å². The molecule has 0 spiro atoms. The van der Waals surface area contributed by atoms with Crippen molar-refractivity contribution in [1.82, 2.24) is 0 Å². The van der Waals surface area contributed by atoms with Gasteiger partial charge in [0, 0.05) is 0 Å². The quantitative estimate of drug-likeness (QED) is 0.739. The molecule has 1 heteroatoms. The normalized spacial score (nSPS) is 10.5. The topological polar surface area (TPSA) is 23.8 Å². The maximum atomic E-state index is 9.83. The van der Waals surface area contributed by atoms with Crippen molar-refractivity contribution < 1.29 is 0 Å². The molecule has 0 amide bonds. The van der Waals surface area contributed by atoms with Gasteiger partial charge in [-0.2, -0.15) is 5.26 Å². The second kappa shape index (κ2) is 5.37. The minimum atomic E-state index is -0.871. The standard InChI is InChI=1S/C18H15N/c1-3-15(2)18(14-19,16-10-6-4-7-11-16)17-12-8-5-9-13-17/h3-13H,1-2H2. The molecule has 1 nitrogen and oxygen atoms in total. The van der Waals surface area contributed by atoms with Gasteiger partial charge in [-0.1, -0.05) is 79.9 Å². The van der Waals surface area contributed by atoms with E-state index in [2.05, 4.69) is 19.2 Å². The van der Waals surface area contributed by atoms with Crippen LogP contribution in [0.15, 0.2) is 85.5 Å². The monoisotopic (exact) mass is 245 g/mol. The highest BCUT2D eigenvalue weighted by Gasteiger charge is 2.36. The molecule has 0 aliphatic rings. The lowest BCUT2D eigenvalue weighted by atomic mass is 9.70. The van der Waals surface area contributed by atoms with E-state index in [1.807, 2.05) is 60.7 Å². The van der Waals surface area contributed by atoms with Crippen LogP contribution >= 0.6 is 0 Å². The first-order valence-electron chi connectivity index (χ1n) is 6.10. The van der Waals surface area contributed by atoms with Crippen molar-refractivity contribution in [3.63, 3.8) is 0 Å². The Morgan fingerprint density at radius 1 is 0.947 bits per heavy atom. The minimum Gasteiger partial charge on any atom is -0.197 e. The molecular weight excluding hydrogens is 230 g/mol. The van der Waals surface area contributed by atoms with E-state index in [1.54, 1.807) is 6.08 Å². The summed E-state index contributed by atoms with van der Waals surface area (Å²) in [6.07, 6.45) is 1.66. The Kier molecular flexibility index (Phi) is 3.63. The predicted molar refractivity (Wildman–Crippen MR) is 78.6 cm³/mol. The number of hydrogen-bond acceptors (Lipinski definition) is 1. The van der Waals surface area contributed by atoms with Gasteiger partial charge in [0.1, 0.15) is 5.41 Å². The Labute approximate surface area is 114 Å². The van der Waals surface area contributed by atoms with Gasteiger partial charge in [0.15, 0.2) is 0 Å². The van der Waals surface area contributed by atoms with Crippen LogP contribution in [0, 0.1) is 11.3 Å². The molecule has 0 unspecified atom stereocenters. The Morgan fingerprint density at radius 3 is 1.68 bits per heavy atom. The third kappa shape index (κ3) is 2.09. The lowest BCUT2D eigenvalue weighted by Gasteiger charge is -2.28. The van der Waals surface area contributed by atoms with Gasteiger partial charge >= 0.3 is 0 Å². The SMILES string of the molecule is C=CC(=C)C(C#N)(c1ccccc1)c1ccccc1. The molecule has 19 heavy (non-hydrogen) atoms. The molecule has 2 rings (SSSR count). The number of allylic oxidation sites excluding steroid dienone is 2. The highest BCUT2D eigenvalue weighted by atomic mass is 14.4. The summed E-state index contributed by atoms with van der Waals surface area (Å²) in [6.45, 7) is 7.80. The lowest BCUT2D eigenvalue weighted by molar-refractivity contribution is 0.798. The first-order valence-corrected chi connectivity index (χ1v) is 6.10. The molecule has 0 heterocycles. The lowest BCUT2D eigenvalue weighted by Crippen LogP contribution is -2.27. The Balaban J connectivity index is 2.74. The van der Waals surface area contributed by atoms with Gasteiger partial charge in [0.2, 0.25) is 0 Å². The van der Waals surface area contributed by atoms with E-state index in [-0.39, 0.29) is 0 Å². The highest BCUT2D eigenvalue weighted by molar-refractivity contribution is 5.56. The van der Waals surface area contributed by atoms with Crippen LogP contribution in [-0.2, 0) is 5.41 Å². The summed E-state index contributed by atoms with van der Waals surface area (Å²) in [6, 6.07) is 21.8. The molecule has 0 aliphatic carbocycles. The molecule has 0 aromatic heterocycles. The van der Waals surface area contributed by atoms with Crippen molar-refractivity contribution in [1.29, 1.82) is 5.26 Å². The first kappa shape index (κ1) is 12.9. The second-order valence-electron chi connectivity index (χ2n) is 4.32. The maximum absolute atomic E-state index is 9.83. The second-order valence-corrected chi connectivity index (χ2v) is 4.32. The highest BCUT2D eigenvalue weighted by Crippen LogP contribution is 2.38. The minimum absolute atomic E-state index is 0.687. The summed E-state index contributed by atoms with van der Waals surface area (Å²) in [5.41, 5.74) is 1.64. The zero-order valence-electron chi connectivity index (χ0n) is 10.7. The van der Waals surface area contributed by atoms with Crippen LogP contribution in [0.25, 0.3) is 0 Å². The van der Waals surface area contributed by atoms with E-state index in [0.29, 0.717) is 5.57 Å². The van der Waals surface area contributed by atoms with Crippen LogP contribution < -0.4 is 0 Å². The van der Waals surface area contributed by atoms with Crippen LogP contribution in [-0.4, -0.2) is 0 Å². The van der Waals surface area contributed by atoms with Crippen molar-refractivity contribution in [2.75, 3.05) is 0 Å². The molecule has 92 valence electrons. The van der Waals surface area contributed by atoms with Gasteiger partial charge in [0.25, 0.3) is 0 Å². The smallest absolute Gasteiger partial charge is 0.132 e. The summed E-state index contributed by atoms with van der Waals surface area (Å²) >= 11 is 0. The molecule has 0 bridgehead atoms.